The Morgan fingerprint density at radius 3 is 1.78 bits per heavy atom. The molecule has 0 saturated carbocycles. The van der Waals surface area contributed by atoms with Crippen molar-refractivity contribution < 1.29 is 0 Å². The smallest absolute Gasteiger partial charge is 0.160 e. The highest BCUT2D eigenvalue weighted by molar-refractivity contribution is 5.98. The van der Waals surface area contributed by atoms with E-state index in [9.17, 15) is 0 Å². The molecule has 0 N–H and O–H groups in total. The first kappa shape index (κ1) is 29.7. The van der Waals surface area contributed by atoms with E-state index in [1.807, 2.05) is 12.4 Å². The van der Waals surface area contributed by atoms with Crippen molar-refractivity contribution in [1.82, 2.24) is 15.0 Å². The first-order valence-electron chi connectivity index (χ1n) is 17.2. The van der Waals surface area contributed by atoms with Gasteiger partial charge >= 0.3 is 0 Å². The van der Waals surface area contributed by atoms with Gasteiger partial charge < -0.3 is 0 Å². The van der Waals surface area contributed by atoms with Crippen LogP contribution in [-0.4, -0.2) is 15.0 Å². The van der Waals surface area contributed by atoms with Crippen molar-refractivity contribution in [3.05, 3.63) is 182 Å². The maximum atomic E-state index is 5.20. The van der Waals surface area contributed by atoms with Crippen LogP contribution in [0.5, 0.6) is 0 Å². The van der Waals surface area contributed by atoms with E-state index in [-0.39, 0.29) is 0 Å². The average molecular weight is 640 g/mol. The van der Waals surface area contributed by atoms with E-state index in [1.165, 1.54) is 32.9 Å². The van der Waals surface area contributed by atoms with Crippen LogP contribution in [0, 0.1) is 0 Å². The van der Waals surface area contributed by atoms with E-state index in [1.54, 1.807) is 0 Å². The van der Waals surface area contributed by atoms with E-state index < -0.39 is 0 Å². The molecule has 1 aliphatic rings. The topological polar surface area (TPSA) is 38.7 Å². The SMILES string of the molecule is C1=CC(c2ccc(-c3cc(-c4ccc(-c5cncc6ccccc56)cc4)nc(-c4cccc(-c5cccc6ccccc56)c4)n3)cc2)=CCC1. The van der Waals surface area contributed by atoms with E-state index in [4.69, 9.17) is 9.97 Å². The Morgan fingerprint density at radius 2 is 1.04 bits per heavy atom. The Kier molecular flexibility index (Phi) is 7.64. The van der Waals surface area contributed by atoms with Gasteiger partial charge in [0.25, 0.3) is 0 Å². The summed E-state index contributed by atoms with van der Waals surface area (Å²) in [6.07, 6.45) is 12.8. The lowest BCUT2D eigenvalue weighted by Crippen LogP contribution is -1.96. The van der Waals surface area contributed by atoms with Crippen LogP contribution in [0.25, 0.3) is 83.3 Å². The molecule has 1 aliphatic carbocycles. The van der Waals surface area contributed by atoms with Crippen molar-refractivity contribution in [1.29, 1.82) is 0 Å². The average Bonchev–Trinajstić information content (AvgIpc) is 3.21. The summed E-state index contributed by atoms with van der Waals surface area (Å²) in [5.74, 6) is 0.698. The number of allylic oxidation sites excluding steroid dienone is 4. The molecular weight excluding hydrogens is 607 g/mol. The molecule has 0 atom stereocenters. The zero-order valence-corrected chi connectivity index (χ0v) is 27.5. The van der Waals surface area contributed by atoms with Crippen molar-refractivity contribution in [3.8, 4) is 56.2 Å². The fraction of sp³-hybridized carbons (Fsp3) is 0.0426. The molecule has 0 radical (unpaired) electrons. The van der Waals surface area contributed by atoms with Crippen molar-refractivity contribution in [2.24, 2.45) is 0 Å². The van der Waals surface area contributed by atoms with E-state index in [0.29, 0.717) is 5.82 Å². The molecular formula is C47H33N3. The molecule has 3 heteroatoms. The van der Waals surface area contributed by atoms with Gasteiger partial charge in [0.2, 0.25) is 0 Å². The van der Waals surface area contributed by atoms with Gasteiger partial charge in [0.1, 0.15) is 0 Å². The van der Waals surface area contributed by atoms with Gasteiger partial charge in [-0.05, 0) is 69.0 Å². The fourth-order valence-electron chi connectivity index (χ4n) is 7.00. The monoisotopic (exact) mass is 639 g/mol. The van der Waals surface area contributed by atoms with Crippen LogP contribution in [0.15, 0.2) is 176 Å². The highest BCUT2D eigenvalue weighted by Gasteiger charge is 2.14. The fourth-order valence-corrected chi connectivity index (χ4v) is 7.00. The molecule has 9 rings (SSSR count). The van der Waals surface area contributed by atoms with E-state index >= 15 is 0 Å². The number of hydrogen-bond donors (Lipinski definition) is 0. The summed E-state index contributed by atoms with van der Waals surface area (Å²) in [6.45, 7) is 0. The molecule has 2 aromatic heterocycles. The summed E-state index contributed by atoms with van der Waals surface area (Å²) in [6, 6.07) is 51.5. The quantitative estimate of drug-likeness (QED) is 0.182. The van der Waals surface area contributed by atoms with Crippen LogP contribution in [0.3, 0.4) is 0 Å². The van der Waals surface area contributed by atoms with Gasteiger partial charge in [-0.3, -0.25) is 4.98 Å². The minimum Gasteiger partial charge on any atom is -0.263 e. The van der Waals surface area contributed by atoms with Crippen LogP contribution in [0.1, 0.15) is 18.4 Å². The van der Waals surface area contributed by atoms with Crippen molar-refractivity contribution >= 4 is 27.1 Å². The molecule has 0 unspecified atom stereocenters. The van der Waals surface area contributed by atoms with Gasteiger partial charge in [0, 0.05) is 40.0 Å². The minimum atomic E-state index is 0.698. The molecule has 8 aromatic rings. The molecule has 0 bridgehead atoms. The zero-order valence-electron chi connectivity index (χ0n) is 27.5. The maximum Gasteiger partial charge on any atom is 0.160 e. The van der Waals surface area contributed by atoms with E-state index in [2.05, 4.69) is 169 Å². The molecule has 236 valence electrons. The molecule has 50 heavy (non-hydrogen) atoms. The zero-order chi connectivity index (χ0) is 33.3. The number of rotatable bonds is 6. The summed E-state index contributed by atoms with van der Waals surface area (Å²) in [7, 11) is 0. The van der Waals surface area contributed by atoms with Gasteiger partial charge in [0.05, 0.1) is 11.4 Å². The van der Waals surface area contributed by atoms with Gasteiger partial charge in [0.15, 0.2) is 5.82 Å². The van der Waals surface area contributed by atoms with Gasteiger partial charge in [-0.25, -0.2) is 9.97 Å². The van der Waals surface area contributed by atoms with Crippen LogP contribution >= 0.6 is 0 Å². The number of aromatic nitrogens is 3. The highest BCUT2D eigenvalue weighted by Crippen LogP contribution is 2.35. The molecule has 3 nitrogen and oxygen atoms in total. The van der Waals surface area contributed by atoms with Crippen molar-refractivity contribution in [2.75, 3.05) is 0 Å². The van der Waals surface area contributed by atoms with Crippen LogP contribution in [0.4, 0.5) is 0 Å². The lowest BCUT2D eigenvalue weighted by molar-refractivity contribution is 1.04. The Labute approximate surface area is 292 Å². The first-order chi connectivity index (χ1) is 24.8. The molecule has 0 spiro atoms. The molecule has 6 aromatic carbocycles. The predicted molar refractivity (Wildman–Crippen MR) is 208 cm³/mol. The maximum absolute atomic E-state index is 5.20. The van der Waals surface area contributed by atoms with Gasteiger partial charge in [-0.1, -0.05) is 152 Å². The van der Waals surface area contributed by atoms with E-state index in [0.717, 1.165) is 63.0 Å². The molecule has 2 heterocycles. The molecule has 0 saturated heterocycles. The summed E-state index contributed by atoms with van der Waals surface area (Å²) in [5, 5.41) is 4.77. The normalized spacial score (nSPS) is 12.7. The number of hydrogen-bond acceptors (Lipinski definition) is 3. The standard InChI is InChI=1S/C47H33N3/c1-2-10-32(11-3-1)33-20-24-36(25-21-33)45-29-46(37-26-22-35(23-27-37)44-31-48-30-40-13-5-7-18-43(40)44)50-47(49-45)39-16-8-15-38(28-39)42-19-9-14-34-12-4-6-17-41(34)42/h2,4-31H,1,3H2. The van der Waals surface area contributed by atoms with Crippen molar-refractivity contribution in [2.45, 2.75) is 12.8 Å². The summed E-state index contributed by atoms with van der Waals surface area (Å²) in [5.41, 5.74) is 11.9. The van der Waals surface area contributed by atoms with Crippen LogP contribution in [0.2, 0.25) is 0 Å². The Morgan fingerprint density at radius 1 is 0.420 bits per heavy atom. The Balaban J connectivity index is 1.15. The van der Waals surface area contributed by atoms with Gasteiger partial charge in [-0.15, -0.1) is 0 Å². The first-order valence-corrected chi connectivity index (χ1v) is 17.2. The Hall–Kier alpha value is -6.45. The summed E-state index contributed by atoms with van der Waals surface area (Å²) < 4.78 is 0. The third-order valence-electron chi connectivity index (χ3n) is 9.62. The number of nitrogens with zero attached hydrogens (tertiary/aromatic N) is 3. The second kappa shape index (κ2) is 12.9. The number of pyridine rings is 1. The van der Waals surface area contributed by atoms with Crippen LogP contribution in [-0.2, 0) is 0 Å². The summed E-state index contributed by atoms with van der Waals surface area (Å²) in [4.78, 5) is 14.9. The van der Waals surface area contributed by atoms with Crippen LogP contribution < -0.4 is 0 Å². The predicted octanol–water partition coefficient (Wildman–Crippen LogP) is 12.2. The largest absolute Gasteiger partial charge is 0.263 e. The lowest BCUT2D eigenvalue weighted by atomic mass is 9.96. The number of fused-ring (bicyclic) bond motifs is 2. The highest BCUT2D eigenvalue weighted by atomic mass is 14.9. The summed E-state index contributed by atoms with van der Waals surface area (Å²) >= 11 is 0. The van der Waals surface area contributed by atoms with Gasteiger partial charge in [-0.2, -0.15) is 0 Å². The molecule has 0 amide bonds. The second-order valence-electron chi connectivity index (χ2n) is 12.8. The third-order valence-corrected chi connectivity index (χ3v) is 9.62. The van der Waals surface area contributed by atoms with Crippen molar-refractivity contribution in [3.63, 3.8) is 0 Å². The molecule has 0 aliphatic heterocycles. The Bertz CT molecular complexity index is 2570. The minimum absolute atomic E-state index is 0.698. The molecule has 0 fully saturated rings. The lowest BCUT2D eigenvalue weighted by Gasteiger charge is -2.13. The third kappa shape index (κ3) is 5.69. The second-order valence-corrected chi connectivity index (χ2v) is 12.8. The number of benzene rings is 6.